The molecule has 0 spiro atoms. The molecule has 2 aromatic heterocycles. The Kier molecular flexibility index (Phi) is 4.28. The van der Waals surface area contributed by atoms with Crippen molar-refractivity contribution in [2.24, 2.45) is 7.05 Å². The zero-order valence-corrected chi connectivity index (χ0v) is 12.6. The van der Waals surface area contributed by atoms with Crippen molar-refractivity contribution < 1.29 is 4.79 Å². The topological polar surface area (TPSA) is 97.6 Å². The molecule has 0 aromatic carbocycles. The Bertz CT molecular complexity index is 591. The number of urea groups is 1. The molecule has 8 nitrogen and oxygen atoms in total. The number of carbonyl (C=O) groups excluding carboxylic acids is 1. The van der Waals surface area contributed by atoms with Crippen molar-refractivity contribution in [2.75, 3.05) is 5.32 Å². The fourth-order valence-corrected chi connectivity index (χ4v) is 2.34. The van der Waals surface area contributed by atoms with Crippen LogP contribution >= 0.6 is 11.3 Å². The first-order valence-corrected chi connectivity index (χ1v) is 7.03. The van der Waals surface area contributed by atoms with Crippen LogP contribution in [0.4, 0.5) is 9.93 Å². The number of hydrogen-bond donors (Lipinski definition) is 2. The van der Waals surface area contributed by atoms with E-state index in [0.29, 0.717) is 16.9 Å². The van der Waals surface area contributed by atoms with Gasteiger partial charge < -0.3 is 9.88 Å². The second-order valence-electron chi connectivity index (χ2n) is 4.72. The molecule has 0 aliphatic carbocycles. The molecule has 2 aromatic rings. The average Bonchev–Trinajstić information content (AvgIpc) is 2.97. The highest BCUT2D eigenvalue weighted by atomic mass is 32.1. The Morgan fingerprint density at radius 1 is 1.30 bits per heavy atom. The van der Waals surface area contributed by atoms with Gasteiger partial charge in [0.25, 0.3) is 0 Å². The van der Waals surface area contributed by atoms with Gasteiger partial charge in [-0.25, -0.2) is 4.79 Å². The van der Waals surface area contributed by atoms with Crippen LogP contribution in [-0.4, -0.2) is 31.0 Å². The maximum Gasteiger partial charge on any atom is 0.321 e. The number of nitrogens with zero attached hydrogens (tertiary/aromatic N) is 5. The Morgan fingerprint density at radius 2 is 2.05 bits per heavy atom. The fraction of sp³-hybridized carbons (Fsp3) is 0.545. The average molecular weight is 295 g/mol. The standard InChI is InChI=1S/C11H17N7OS/c1-6(2)9-16-17-11(20-9)14-10(19)13-7(3)8-15-12-5-18(8)4/h5-7H,1-4H3,(H2,13,14,17,19)/t7-/m0/s1. The van der Waals surface area contributed by atoms with Crippen molar-refractivity contribution in [3.05, 3.63) is 17.2 Å². The van der Waals surface area contributed by atoms with Gasteiger partial charge in [0.05, 0.1) is 6.04 Å². The summed E-state index contributed by atoms with van der Waals surface area (Å²) in [5, 5.41) is 22.5. The molecular formula is C11H17N7OS. The van der Waals surface area contributed by atoms with Gasteiger partial charge in [0, 0.05) is 13.0 Å². The van der Waals surface area contributed by atoms with Crippen LogP contribution < -0.4 is 10.6 Å². The first-order valence-electron chi connectivity index (χ1n) is 6.22. The molecule has 1 atom stereocenters. The van der Waals surface area contributed by atoms with Gasteiger partial charge in [0.2, 0.25) is 5.13 Å². The molecule has 20 heavy (non-hydrogen) atoms. The van der Waals surface area contributed by atoms with Crippen molar-refractivity contribution in [2.45, 2.75) is 32.7 Å². The van der Waals surface area contributed by atoms with E-state index in [1.54, 1.807) is 10.9 Å². The minimum Gasteiger partial charge on any atom is -0.328 e. The Hall–Kier alpha value is -2.03. The van der Waals surface area contributed by atoms with Crippen LogP contribution in [0.3, 0.4) is 0 Å². The maximum absolute atomic E-state index is 11.9. The second kappa shape index (κ2) is 5.95. The summed E-state index contributed by atoms with van der Waals surface area (Å²) in [7, 11) is 1.82. The molecular weight excluding hydrogens is 278 g/mol. The quantitative estimate of drug-likeness (QED) is 0.894. The molecule has 9 heteroatoms. The minimum atomic E-state index is -0.341. The summed E-state index contributed by atoms with van der Waals surface area (Å²) in [5.41, 5.74) is 0. The summed E-state index contributed by atoms with van der Waals surface area (Å²) in [6, 6.07) is -0.591. The molecule has 0 saturated carbocycles. The maximum atomic E-state index is 11.9. The van der Waals surface area contributed by atoms with E-state index in [-0.39, 0.29) is 12.1 Å². The van der Waals surface area contributed by atoms with Crippen molar-refractivity contribution in [1.29, 1.82) is 0 Å². The zero-order valence-electron chi connectivity index (χ0n) is 11.8. The zero-order chi connectivity index (χ0) is 14.7. The van der Waals surface area contributed by atoms with Gasteiger partial charge in [-0.1, -0.05) is 25.2 Å². The molecule has 2 amide bonds. The molecule has 0 bridgehead atoms. The number of rotatable bonds is 4. The lowest BCUT2D eigenvalue weighted by Gasteiger charge is -2.12. The van der Waals surface area contributed by atoms with E-state index in [1.165, 1.54) is 11.3 Å². The normalized spacial score (nSPS) is 12.4. The largest absolute Gasteiger partial charge is 0.328 e. The molecule has 0 radical (unpaired) electrons. The first kappa shape index (κ1) is 14.4. The lowest BCUT2D eigenvalue weighted by Crippen LogP contribution is -2.32. The molecule has 0 fully saturated rings. The predicted octanol–water partition coefficient (Wildman–Crippen LogP) is 1.67. The molecule has 2 heterocycles. The number of anilines is 1. The Labute approximate surface area is 120 Å². The summed E-state index contributed by atoms with van der Waals surface area (Å²) >= 11 is 1.37. The van der Waals surface area contributed by atoms with Gasteiger partial charge in [0.1, 0.15) is 11.3 Å². The number of nitrogens with one attached hydrogen (secondary N) is 2. The number of aromatic nitrogens is 5. The third kappa shape index (κ3) is 3.29. The lowest BCUT2D eigenvalue weighted by atomic mass is 10.2. The van der Waals surface area contributed by atoms with E-state index in [2.05, 4.69) is 31.0 Å². The summed E-state index contributed by atoms with van der Waals surface area (Å²) in [6.45, 7) is 5.89. The van der Waals surface area contributed by atoms with Gasteiger partial charge in [0.15, 0.2) is 5.82 Å². The van der Waals surface area contributed by atoms with Crippen LogP contribution in [0.15, 0.2) is 6.33 Å². The van der Waals surface area contributed by atoms with E-state index in [1.807, 2.05) is 27.8 Å². The number of carbonyl (C=O) groups is 1. The smallest absolute Gasteiger partial charge is 0.321 e. The van der Waals surface area contributed by atoms with E-state index >= 15 is 0 Å². The van der Waals surface area contributed by atoms with Crippen molar-refractivity contribution >= 4 is 22.5 Å². The summed E-state index contributed by atoms with van der Waals surface area (Å²) in [6.07, 6.45) is 1.59. The Balaban J connectivity index is 1.93. The minimum absolute atomic E-state index is 0.250. The van der Waals surface area contributed by atoms with Crippen LogP contribution in [0.5, 0.6) is 0 Å². The van der Waals surface area contributed by atoms with Crippen molar-refractivity contribution in [1.82, 2.24) is 30.3 Å². The molecule has 0 unspecified atom stereocenters. The van der Waals surface area contributed by atoms with Crippen LogP contribution in [-0.2, 0) is 7.05 Å². The van der Waals surface area contributed by atoms with Gasteiger partial charge >= 0.3 is 6.03 Å². The van der Waals surface area contributed by atoms with E-state index in [4.69, 9.17) is 0 Å². The van der Waals surface area contributed by atoms with E-state index in [0.717, 1.165) is 5.01 Å². The highest BCUT2D eigenvalue weighted by Crippen LogP contribution is 2.22. The van der Waals surface area contributed by atoms with Gasteiger partial charge in [-0.2, -0.15) is 0 Å². The third-order valence-corrected chi connectivity index (χ3v) is 3.78. The summed E-state index contributed by atoms with van der Waals surface area (Å²) < 4.78 is 1.76. The van der Waals surface area contributed by atoms with Crippen LogP contribution in [0, 0.1) is 0 Å². The molecule has 0 aliphatic rings. The highest BCUT2D eigenvalue weighted by Gasteiger charge is 2.15. The molecule has 0 aliphatic heterocycles. The first-order chi connectivity index (χ1) is 9.47. The van der Waals surface area contributed by atoms with Crippen LogP contribution in [0.1, 0.15) is 43.6 Å². The molecule has 2 N–H and O–H groups in total. The second-order valence-corrected chi connectivity index (χ2v) is 5.73. The van der Waals surface area contributed by atoms with Gasteiger partial charge in [-0.3, -0.25) is 5.32 Å². The molecule has 0 saturated heterocycles. The van der Waals surface area contributed by atoms with Gasteiger partial charge in [-0.15, -0.1) is 20.4 Å². The molecule has 108 valence electrons. The highest BCUT2D eigenvalue weighted by molar-refractivity contribution is 7.15. The van der Waals surface area contributed by atoms with E-state index < -0.39 is 0 Å². The number of hydrogen-bond acceptors (Lipinski definition) is 6. The summed E-state index contributed by atoms with van der Waals surface area (Å²) in [4.78, 5) is 11.9. The lowest BCUT2D eigenvalue weighted by molar-refractivity contribution is 0.248. The SMILES string of the molecule is CC(C)c1nnc(NC(=O)N[C@@H](C)c2nncn2C)s1. The summed E-state index contributed by atoms with van der Waals surface area (Å²) in [5.74, 6) is 0.976. The van der Waals surface area contributed by atoms with Gasteiger partial charge in [-0.05, 0) is 6.92 Å². The monoisotopic (exact) mass is 295 g/mol. The molecule has 2 rings (SSSR count). The van der Waals surface area contributed by atoms with Crippen molar-refractivity contribution in [3.63, 3.8) is 0 Å². The third-order valence-electron chi connectivity index (χ3n) is 2.64. The van der Waals surface area contributed by atoms with Crippen molar-refractivity contribution in [3.8, 4) is 0 Å². The van der Waals surface area contributed by atoms with E-state index in [9.17, 15) is 4.79 Å². The number of aryl methyl sites for hydroxylation is 1. The van der Waals surface area contributed by atoms with Crippen LogP contribution in [0.2, 0.25) is 0 Å². The fourth-order valence-electron chi connectivity index (χ4n) is 1.60. The Morgan fingerprint density at radius 3 is 2.60 bits per heavy atom. The van der Waals surface area contributed by atoms with Crippen LogP contribution in [0.25, 0.3) is 0 Å². The number of amides is 2. The predicted molar refractivity (Wildman–Crippen MR) is 75.6 cm³/mol.